The standard InChI is InChI=1S/C23H28Cl2N4O4S3/c1-27(2)11-5-13-29(23-26-20-17(33-3)8-7-16(24)21(20)35-23)22(30)15-6-4-12-28(14-15)36(31,32)19-10-9-18(25)34-19/h7-10,15H,4-6,11-14H2,1-3H3. The molecule has 2 aromatic heterocycles. The van der Waals surface area contributed by atoms with E-state index in [0.29, 0.717) is 51.7 Å². The molecule has 0 N–H and O–H groups in total. The molecule has 8 nitrogen and oxygen atoms in total. The summed E-state index contributed by atoms with van der Waals surface area (Å²) in [5, 5.41) is 1.07. The van der Waals surface area contributed by atoms with E-state index in [1.165, 1.54) is 21.7 Å². The fraction of sp³-hybridized carbons (Fsp3) is 0.478. The van der Waals surface area contributed by atoms with Gasteiger partial charge in [0.15, 0.2) is 5.13 Å². The van der Waals surface area contributed by atoms with Crippen LogP contribution >= 0.6 is 45.9 Å². The number of piperidine rings is 1. The topological polar surface area (TPSA) is 83.0 Å². The third kappa shape index (κ3) is 5.82. The van der Waals surface area contributed by atoms with Gasteiger partial charge in [-0.25, -0.2) is 13.4 Å². The molecule has 1 amide bonds. The minimum atomic E-state index is -3.72. The summed E-state index contributed by atoms with van der Waals surface area (Å²) in [4.78, 5) is 22.4. The minimum Gasteiger partial charge on any atom is -0.494 e. The van der Waals surface area contributed by atoms with Crippen molar-refractivity contribution in [3.8, 4) is 5.75 Å². The van der Waals surface area contributed by atoms with Crippen molar-refractivity contribution in [2.24, 2.45) is 5.92 Å². The average molecular weight is 592 g/mol. The van der Waals surface area contributed by atoms with Gasteiger partial charge in [0.2, 0.25) is 5.91 Å². The molecule has 0 saturated carbocycles. The highest BCUT2D eigenvalue weighted by atomic mass is 35.5. The summed E-state index contributed by atoms with van der Waals surface area (Å²) in [5.41, 5.74) is 0.609. The zero-order valence-electron chi connectivity index (χ0n) is 20.2. The molecule has 1 saturated heterocycles. The molecule has 0 bridgehead atoms. The summed E-state index contributed by atoms with van der Waals surface area (Å²) in [5.74, 6) is -0.0261. The highest BCUT2D eigenvalue weighted by molar-refractivity contribution is 7.91. The van der Waals surface area contributed by atoms with Crippen molar-refractivity contribution in [2.45, 2.75) is 23.5 Å². The fourth-order valence-corrected chi connectivity index (χ4v) is 8.66. The number of aromatic nitrogens is 1. The molecule has 1 fully saturated rings. The van der Waals surface area contributed by atoms with Crippen LogP contribution in [0.15, 0.2) is 28.5 Å². The van der Waals surface area contributed by atoms with Crippen LogP contribution in [0, 0.1) is 5.92 Å². The molecule has 3 aromatic rings. The van der Waals surface area contributed by atoms with Gasteiger partial charge < -0.3 is 9.64 Å². The van der Waals surface area contributed by atoms with Crippen molar-refractivity contribution in [3.05, 3.63) is 33.6 Å². The largest absolute Gasteiger partial charge is 0.494 e. The Kier molecular flexibility index (Phi) is 8.81. The molecule has 13 heteroatoms. The Bertz CT molecular complexity index is 1340. The number of carbonyl (C=O) groups excluding carboxylic acids is 1. The van der Waals surface area contributed by atoms with Crippen LogP contribution in [0.4, 0.5) is 5.13 Å². The number of anilines is 1. The maximum atomic E-state index is 13.9. The summed E-state index contributed by atoms with van der Waals surface area (Å²) in [6.07, 6.45) is 1.94. The van der Waals surface area contributed by atoms with E-state index in [1.54, 1.807) is 30.2 Å². The number of rotatable bonds is 9. The first-order valence-electron chi connectivity index (χ1n) is 11.5. The Morgan fingerprint density at radius 1 is 1.19 bits per heavy atom. The van der Waals surface area contributed by atoms with Gasteiger partial charge in [0.05, 0.1) is 27.1 Å². The Labute approximate surface area is 229 Å². The molecule has 36 heavy (non-hydrogen) atoms. The fourth-order valence-electron chi connectivity index (χ4n) is 4.21. The summed E-state index contributed by atoms with van der Waals surface area (Å²) in [6.45, 7) is 1.75. The molecule has 196 valence electrons. The normalized spacial score (nSPS) is 17.1. The van der Waals surface area contributed by atoms with Crippen molar-refractivity contribution >= 4 is 77.2 Å². The van der Waals surface area contributed by atoms with E-state index >= 15 is 0 Å². The van der Waals surface area contributed by atoms with E-state index in [0.717, 1.165) is 29.0 Å². The number of thiazole rings is 1. The first-order valence-corrected chi connectivity index (χ1v) is 15.3. The smallest absolute Gasteiger partial charge is 0.252 e. The number of nitrogens with zero attached hydrogens (tertiary/aromatic N) is 4. The van der Waals surface area contributed by atoms with Gasteiger partial charge in [0, 0.05) is 19.6 Å². The summed E-state index contributed by atoms with van der Waals surface area (Å²) in [6, 6.07) is 6.60. The van der Waals surface area contributed by atoms with Gasteiger partial charge in [-0.05, 0) is 64.2 Å². The quantitative estimate of drug-likeness (QED) is 0.346. The number of hydrogen-bond acceptors (Lipinski definition) is 8. The molecule has 3 heterocycles. The maximum Gasteiger partial charge on any atom is 0.252 e. The number of benzene rings is 1. The first-order chi connectivity index (χ1) is 17.1. The zero-order chi connectivity index (χ0) is 26.0. The van der Waals surface area contributed by atoms with Gasteiger partial charge in [-0.3, -0.25) is 9.69 Å². The number of ether oxygens (including phenoxy) is 1. The molecular weight excluding hydrogens is 563 g/mol. The number of methoxy groups -OCH3 is 1. The average Bonchev–Trinajstić information content (AvgIpc) is 3.49. The van der Waals surface area contributed by atoms with Crippen LogP contribution in [0.25, 0.3) is 10.2 Å². The number of amides is 1. The lowest BCUT2D eigenvalue weighted by molar-refractivity contribution is -0.123. The van der Waals surface area contributed by atoms with E-state index in [4.69, 9.17) is 32.9 Å². The third-order valence-electron chi connectivity index (χ3n) is 6.03. The summed E-state index contributed by atoms with van der Waals surface area (Å²) < 4.78 is 34.6. The predicted molar refractivity (Wildman–Crippen MR) is 148 cm³/mol. The lowest BCUT2D eigenvalue weighted by Crippen LogP contribution is -2.47. The molecule has 4 rings (SSSR count). The molecule has 1 aliphatic rings. The Morgan fingerprint density at radius 2 is 1.97 bits per heavy atom. The van der Waals surface area contributed by atoms with Gasteiger partial charge in [0.1, 0.15) is 15.5 Å². The van der Waals surface area contributed by atoms with Crippen molar-refractivity contribution in [1.29, 1.82) is 0 Å². The highest BCUT2D eigenvalue weighted by Crippen LogP contribution is 2.39. The van der Waals surface area contributed by atoms with Crippen LogP contribution in [0.3, 0.4) is 0 Å². The van der Waals surface area contributed by atoms with Gasteiger partial charge in [-0.15, -0.1) is 11.3 Å². The van der Waals surface area contributed by atoms with Gasteiger partial charge >= 0.3 is 0 Å². The van der Waals surface area contributed by atoms with E-state index in [9.17, 15) is 13.2 Å². The van der Waals surface area contributed by atoms with Crippen LogP contribution in [0.1, 0.15) is 19.3 Å². The van der Waals surface area contributed by atoms with Crippen molar-refractivity contribution in [1.82, 2.24) is 14.2 Å². The van der Waals surface area contributed by atoms with Crippen molar-refractivity contribution in [3.63, 3.8) is 0 Å². The van der Waals surface area contributed by atoms with Crippen molar-refractivity contribution < 1.29 is 17.9 Å². The monoisotopic (exact) mass is 590 g/mol. The molecule has 1 atom stereocenters. The highest BCUT2D eigenvalue weighted by Gasteiger charge is 2.37. The molecule has 0 spiro atoms. The van der Waals surface area contributed by atoms with Crippen molar-refractivity contribution in [2.75, 3.05) is 52.3 Å². The molecule has 0 radical (unpaired) electrons. The second-order valence-electron chi connectivity index (χ2n) is 8.83. The van der Waals surface area contributed by atoms with E-state index in [1.807, 2.05) is 14.1 Å². The third-order valence-corrected chi connectivity index (χ3v) is 11.1. The zero-order valence-corrected chi connectivity index (χ0v) is 24.2. The Hall–Kier alpha value is -1.47. The Morgan fingerprint density at radius 3 is 2.64 bits per heavy atom. The van der Waals surface area contributed by atoms with Crippen LogP contribution in [0.5, 0.6) is 5.75 Å². The maximum absolute atomic E-state index is 13.9. The molecular formula is C23H28Cl2N4O4S3. The van der Waals surface area contributed by atoms with Crippen LogP contribution in [-0.2, 0) is 14.8 Å². The van der Waals surface area contributed by atoms with E-state index in [-0.39, 0.29) is 16.7 Å². The number of sulfonamides is 1. The number of hydrogen-bond donors (Lipinski definition) is 0. The number of fused-ring (bicyclic) bond motifs is 1. The first kappa shape index (κ1) is 27.6. The number of halogens is 2. The van der Waals surface area contributed by atoms with Crippen LogP contribution in [0.2, 0.25) is 9.36 Å². The van der Waals surface area contributed by atoms with E-state index in [2.05, 4.69) is 4.90 Å². The van der Waals surface area contributed by atoms with Crippen LogP contribution < -0.4 is 9.64 Å². The summed E-state index contributed by atoms with van der Waals surface area (Å²) in [7, 11) is 1.81. The molecule has 1 unspecified atom stereocenters. The number of carbonyl (C=O) groups is 1. The Balaban J connectivity index is 1.63. The SMILES string of the molecule is COc1ccc(Cl)c2sc(N(CCCN(C)C)C(=O)C3CCCN(S(=O)(=O)c4ccc(Cl)s4)C3)nc12. The second kappa shape index (κ2) is 11.5. The lowest BCUT2D eigenvalue weighted by Gasteiger charge is -2.33. The predicted octanol–water partition coefficient (Wildman–Crippen LogP) is 5.06. The van der Waals surface area contributed by atoms with Gasteiger partial charge in [-0.2, -0.15) is 4.31 Å². The second-order valence-corrected chi connectivity index (χ2v) is 14.1. The minimum absolute atomic E-state index is 0.121. The van der Waals surface area contributed by atoms with Gasteiger partial charge in [0.25, 0.3) is 10.0 Å². The van der Waals surface area contributed by atoms with Crippen LogP contribution in [-0.4, -0.2) is 75.9 Å². The summed E-state index contributed by atoms with van der Waals surface area (Å²) >= 11 is 14.8. The lowest BCUT2D eigenvalue weighted by atomic mass is 9.98. The molecule has 1 aliphatic heterocycles. The molecule has 0 aliphatic carbocycles. The van der Waals surface area contributed by atoms with Gasteiger partial charge in [-0.1, -0.05) is 34.5 Å². The molecule has 1 aromatic carbocycles. The van der Waals surface area contributed by atoms with E-state index < -0.39 is 15.9 Å². The number of thiophene rings is 1.